The van der Waals surface area contributed by atoms with E-state index in [0.29, 0.717) is 44.0 Å². The molecule has 1 aromatic carbocycles. The first-order valence-electron chi connectivity index (χ1n) is 11.6. The number of rotatable bonds is 12. The molecule has 34 heavy (non-hydrogen) atoms. The highest BCUT2D eigenvalue weighted by Gasteiger charge is 2.36. The van der Waals surface area contributed by atoms with Gasteiger partial charge in [0.2, 0.25) is 11.8 Å². The average molecular weight is 477 g/mol. The van der Waals surface area contributed by atoms with E-state index in [1.54, 1.807) is 4.90 Å². The number of carbonyl (C=O) groups is 2. The number of nitro groups is 1. The molecule has 0 radical (unpaired) electrons. The first-order chi connectivity index (χ1) is 16.2. The van der Waals surface area contributed by atoms with Crippen LogP contribution in [-0.4, -0.2) is 59.4 Å². The molecule has 0 aromatic heterocycles. The zero-order valence-electron chi connectivity index (χ0n) is 19.6. The van der Waals surface area contributed by atoms with Crippen LogP contribution in [0.4, 0.5) is 11.4 Å². The van der Waals surface area contributed by atoms with Crippen LogP contribution in [-0.2, 0) is 9.59 Å². The summed E-state index contributed by atoms with van der Waals surface area (Å²) in [6.45, 7) is 3.57. The minimum atomic E-state index is -0.780. The van der Waals surface area contributed by atoms with Crippen molar-refractivity contribution < 1.29 is 14.5 Å². The molecule has 0 bridgehead atoms. The summed E-state index contributed by atoms with van der Waals surface area (Å²) in [6, 6.07) is 4.79. The highest BCUT2D eigenvalue weighted by Crippen LogP contribution is 2.24. The molecule has 8 N–H and O–H groups in total. The van der Waals surface area contributed by atoms with Crippen LogP contribution in [0.15, 0.2) is 29.3 Å². The van der Waals surface area contributed by atoms with E-state index >= 15 is 0 Å². The lowest BCUT2D eigenvalue weighted by molar-refractivity contribution is -0.384. The highest BCUT2D eigenvalue weighted by atomic mass is 16.6. The van der Waals surface area contributed by atoms with Gasteiger partial charge in [-0.15, -0.1) is 0 Å². The van der Waals surface area contributed by atoms with Crippen molar-refractivity contribution in [1.29, 1.82) is 0 Å². The second-order valence-corrected chi connectivity index (χ2v) is 8.55. The van der Waals surface area contributed by atoms with Gasteiger partial charge in [0.05, 0.1) is 11.1 Å². The van der Waals surface area contributed by atoms with E-state index in [1.165, 1.54) is 24.3 Å². The number of hydrogen-bond acceptors (Lipinski definition) is 7. The molecule has 0 spiro atoms. The van der Waals surface area contributed by atoms with Crippen molar-refractivity contribution in [2.45, 2.75) is 57.7 Å². The van der Waals surface area contributed by atoms with Crippen LogP contribution in [0.5, 0.6) is 0 Å². The third kappa shape index (κ3) is 8.27. The second kappa shape index (κ2) is 13.5. The molecule has 1 aliphatic rings. The Bertz CT molecular complexity index is 857. The first kappa shape index (κ1) is 27.0. The smallest absolute Gasteiger partial charge is 0.269 e. The molecule has 1 saturated heterocycles. The van der Waals surface area contributed by atoms with Crippen LogP contribution < -0.4 is 27.8 Å². The number of anilines is 1. The molecule has 1 heterocycles. The zero-order chi connectivity index (χ0) is 25.1. The monoisotopic (exact) mass is 476 g/mol. The third-order valence-electron chi connectivity index (χ3n) is 5.78. The van der Waals surface area contributed by atoms with Crippen LogP contribution in [0.25, 0.3) is 0 Å². The SMILES string of the molecule is CC1CCNC(N(C(=O)CCCN)[C@@H](CCCN=C(N)N)C(=O)Nc2ccc([N+](=O)[O-])cc2)C1. The number of aliphatic imine (C=N–C) groups is 1. The molecule has 12 nitrogen and oxygen atoms in total. The lowest BCUT2D eigenvalue weighted by Crippen LogP contribution is -2.59. The van der Waals surface area contributed by atoms with Gasteiger partial charge < -0.3 is 27.4 Å². The normalized spacial score (nSPS) is 18.5. The lowest BCUT2D eigenvalue weighted by atomic mass is 9.95. The Morgan fingerprint density at radius 2 is 2.00 bits per heavy atom. The lowest BCUT2D eigenvalue weighted by Gasteiger charge is -2.41. The summed E-state index contributed by atoms with van der Waals surface area (Å²) < 4.78 is 0. The first-order valence-corrected chi connectivity index (χ1v) is 11.6. The van der Waals surface area contributed by atoms with Gasteiger partial charge in [-0.2, -0.15) is 0 Å². The number of amides is 2. The fourth-order valence-corrected chi connectivity index (χ4v) is 4.02. The van der Waals surface area contributed by atoms with Gasteiger partial charge >= 0.3 is 0 Å². The van der Waals surface area contributed by atoms with E-state index < -0.39 is 11.0 Å². The largest absolute Gasteiger partial charge is 0.370 e. The summed E-state index contributed by atoms with van der Waals surface area (Å²) in [5.74, 6) is -0.163. The Kier molecular flexibility index (Phi) is 10.7. The summed E-state index contributed by atoms with van der Waals surface area (Å²) >= 11 is 0. The number of benzene rings is 1. The maximum Gasteiger partial charge on any atom is 0.269 e. The van der Waals surface area contributed by atoms with Gasteiger partial charge in [0.25, 0.3) is 5.69 Å². The van der Waals surface area contributed by atoms with Crippen molar-refractivity contribution >= 4 is 29.1 Å². The van der Waals surface area contributed by atoms with E-state index in [9.17, 15) is 19.7 Å². The second-order valence-electron chi connectivity index (χ2n) is 8.55. The summed E-state index contributed by atoms with van der Waals surface area (Å²) in [4.78, 5) is 42.7. The van der Waals surface area contributed by atoms with E-state index in [2.05, 4.69) is 22.5 Å². The van der Waals surface area contributed by atoms with Crippen LogP contribution in [0.3, 0.4) is 0 Å². The molecule has 2 rings (SSSR count). The van der Waals surface area contributed by atoms with E-state index in [-0.39, 0.29) is 36.0 Å². The van der Waals surface area contributed by atoms with Crippen molar-refractivity contribution in [1.82, 2.24) is 10.2 Å². The van der Waals surface area contributed by atoms with E-state index in [4.69, 9.17) is 17.2 Å². The minimum Gasteiger partial charge on any atom is -0.370 e. The van der Waals surface area contributed by atoms with Crippen LogP contribution in [0.1, 0.15) is 45.4 Å². The number of nitrogens with two attached hydrogens (primary N) is 3. The van der Waals surface area contributed by atoms with Gasteiger partial charge in [0, 0.05) is 30.8 Å². The summed E-state index contributed by atoms with van der Waals surface area (Å²) in [7, 11) is 0. The summed E-state index contributed by atoms with van der Waals surface area (Å²) in [5, 5.41) is 17.1. The molecular weight excluding hydrogens is 440 g/mol. The van der Waals surface area contributed by atoms with Crippen molar-refractivity contribution in [3.05, 3.63) is 34.4 Å². The van der Waals surface area contributed by atoms with Crippen molar-refractivity contribution in [3.63, 3.8) is 0 Å². The number of hydrogen-bond donors (Lipinski definition) is 5. The predicted octanol–water partition coefficient (Wildman–Crippen LogP) is 0.869. The fourth-order valence-electron chi connectivity index (χ4n) is 4.02. The standard InChI is InChI=1S/C22H36N8O4/c1-15-10-13-26-19(14-15)29(20(31)5-2-11-23)18(4-3-12-27-22(24)25)21(32)28-16-6-8-17(9-7-16)30(33)34/h6-9,15,18-19,26H,2-5,10-14,23H2,1H3,(H,28,32)(H4,24,25,27)/t15?,18-,19?/m0/s1. The van der Waals surface area contributed by atoms with E-state index in [0.717, 1.165) is 19.4 Å². The number of carbonyl (C=O) groups excluding carboxylic acids is 2. The van der Waals surface area contributed by atoms with Crippen molar-refractivity contribution in [3.8, 4) is 0 Å². The van der Waals surface area contributed by atoms with Gasteiger partial charge in [-0.1, -0.05) is 6.92 Å². The number of guanidine groups is 1. The minimum absolute atomic E-state index is 0.0365. The van der Waals surface area contributed by atoms with Gasteiger partial charge in [0.1, 0.15) is 6.04 Å². The number of non-ortho nitro benzene ring substituents is 1. The molecule has 188 valence electrons. The molecule has 2 amide bonds. The van der Waals surface area contributed by atoms with Crippen LogP contribution in [0, 0.1) is 16.0 Å². The van der Waals surface area contributed by atoms with Gasteiger partial charge in [-0.05, 0) is 63.2 Å². The molecule has 12 heteroatoms. The molecule has 2 unspecified atom stereocenters. The Balaban J connectivity index is 2.29. The quantitative estimate of drug-likeness (QED) is 0.0962. The molecule has 1 aliphatic heterocycles. The third-order valence-corrected chi connectivity index (χ3v) is 5.78. The van der Waals surface area contributed by atoms with Crippen LogP contribution in [0.2, 0.25) is 0 Å². The maximum absolute atomic E-state index is 13.4. The Morgan fingerprint density at radius 1 is 1.29 bits per heavy atom. The number of nitrogens with zero attached hydrogens (tertiary/aromatic N) is 3. The topological polar surface area (TPSA) is 195 Å². The number of piperidine rings is 1. The van der Waals surface area contributed by atoms with Gasteiger partial charge in [-0.3, -0.25) is 30.0 Å². The summed E-state index contributed by atoms with van der Waals surface area (Å²) in [6.07, 6.45) is 3.01. The fraction of sp³-hybridized carbons (Fsp3) is 0.591. The Hall–Kier alpha value is -3.25. The number of nitro benzene ring substituents is 1. The van der Waals surface area contributed by atoms with Crippen molar-refractivity contribution in [2.24, 2.45) is 28.1 Å². The molecular formula is C22H36N8O4. The van der Waals surface area contributed by atoms with Crippen LogP contribution >= 0.6 is 0 Å². The average Bonchev–Trinajstić information content (AvgIpc) is 2.79. The molecule has 1 aromatic rings. The zero-order valence-corrected chi connectivity index (χ0v) is 19.6. The Morgan fingerprint density at radius 3 is 2.59 bits per heavy atom. The molecule has 1 fully saturated rings. The number of nitrogens with one attached hydrogen (secondary N) is 2. The molecule has 3 atom stereocenters. The van der Waals surface area contributed by atoms with E-state index in [1.807, 2.05) is 0 Å². The van der Waals surface area contributed by atoms with Gasteiger partial charge in [0.15, 0.2) is 5.96 Å². The molecule has 0 aliphatic carbocycles. The Labute approximate surface area is 199 Å². The maximum atomic E-state index is 13.4. The van der Waals surface area contributed by atoms with Gasteiger partial charge in [-0.25, -0.2) is 0 Å². The van der Waals surface area contributed by atoms with Crippen molar-refractivity contribution in [2.75, 3.05) is 25.0 Å². The summed E-state index contributed by atoms with van der Waals surface area (Å²) in [5.41, 5.74) is 16.8. The highest BCUT2D eigenvalue weighted by molar-refractivity contribution is 5.97. The predicted molar refractivity (Wildman–Crippen MR) is 131 cm³/mol. The molecule has 0 saturated carbocycles.